The van der Waals surface area contributed by atoms with Crippen molar-refractivity contribution in [3.05, 3.63) is 42.7 Å². The Balaban J connectivity index is 2.15. The molecule has 0 aliphatic carbocycles. The summed E-state index contributed by atoms with van der Waals surface area (Å²) in [6, 6.07) is 3.75. The Kier molecular flexibility index (Phi) is 7.47. The standard InChI is InChI=1S/C19H18BrClN2O4S/c1-5-26-19(25)17-10(3)12(7-22)18(28-17)23-14(24)8-27-13-6-9(2)16(21)11(4)15(13)20/h6H,5,8H2,1-4H3,(H,23,24). The maximum Gasteiger partial charge on any atom is 0.348 e. The van der Waals surface area contributed by atoms with Crippen molar-refractivity contribution in [1.29, 1.82) is 5.26 Å². The largest absolute Gasteiger partial charge is 0.483 e. The Morgan fingerprint density at radius 1 is 1.32 bits per heavy atom. The van der Waals surface area contributed by atoms with Crippen LogP contribution in [0.15, 0.2) is 10.5 Å². The van der Waals surface area contributed by atoms with Gasteiger partial charge in [-0.15, -0.1) is 11.3 Å². The molecule has 0 spiro atoms. The molecule has 1 amide bonds. The van der Waals surface area contributed by atoms with Gasteiger partial charge in [-0.2, -0.15) is 5.26 Å². The first kappa shape index (κ1) is 22.2. The third kappa shape index (κ3) is 4.66. The van der Waals surface area contributed by atoms with Gasteiger partial charge in [0.1, 0.15) is 21.7 Å². The fraction of sp³-hybridized carbons (Fsp3) is 0.316. The quantitative estimate of drug-likeness (QED) is 0.571. The van der Waals surface area contributed by atoms with Gasteiger partial charge in [-0.25, -0.2) is 4.79 Å². The normalized spacial score (nSPS) is 10.3. The van der Waals surface area contributed by atoms with Crippen molar-refractivity contribution in [2.45, 2.75) is 27.7 Å². The van der Waals surface area contributed by atoms with Gasteiger partial charge in [0.05, 0.1) is 16.6 Å². The number of ether oxygens (including phenoxy) is 2. The van der Waals surface area contributed by atoms with E-state index in [0.717, 1.165) is 22.5 Å². The molecule has 1 aromatic carbocycles. The second-order valence-corrected chi connectivity index (χ2v) is 8.07. The van der Waals surface area contributed by atoms with E-state index in [0.29, 0.717) is 30.7 Å². The number of amides is 1. The van der Waals surface area contributed by atoms with Crippen LogP contribution in [0.4, 0.5) is 5.00 Å². The van der Waals surface area contributed by atoms with E-state index in [2.05, 4.69) is 21.2 Å². The monoisotopic (exact) mass is 484 g/mol. The molecule has 0 aliphatic heterocycles. The Hall–Kier alpha value is -2.08. The van der Waals surface area contributed by atoms with E-state index in [1.165, 1.54) is 0 Å². The lowest BCUT2D eigenvalue weighted by atomic mass is 10.1. The number of carbonyl (C=O) groups is 2. The molecule has 9 heteroatoms. The van der Waals surface area contributed by atoms with Crippen molar-refractivity contribution in [2.24, 2.45) is 0 Å². The molecule has 0 fully saturated rings. The third-order valence-corrected chi connectivity index (χ3v) is 6.65. The van der Waals surface area contributed by atoms with Crippen LogP contribution in [0.5, 0.6) is 5.75 Å². The zero-order valence-corrected chi connectivity index (χ0v) is 18.9. The Labute approximate surface area is 180 Å². The molecule has 148 valence electrons. The highest BCUT2D eigenvalue weighted by Gasteiger charge is 2.22. The maximum atomic E-state index is 12.3. The smallest absolute Gasteiger partial charge is 0.348 e. The van der Waals surface area contributed by atoms with Gasteiger partial charge < -0.3 is 14.8 Å². The molecule has 0 bridgehead atoms. The Morgan fingerprint density at radius 2 is 2.00 bits per heavy atom. The number of esters is 1. The molecule has 0 saturated heterocycles. The van der Waals surface area contributed by atoms with Gasteiger partial charge in [0, 0.05) is 5.02 Å². The molecule has 0 saturated carbocycles. The van der Waals surface area contributed by atoms with Crippen molar-refractivity contribution in [3.8, 4) is 11.8 Å². The second kappa shape index (κ2) is 9.41. The van der Waals surface area contributed by atoms with Crippen molar-refractivity contribution in [2.75, 3.05) is 18.5 Å². The first-order valence-electron chi connectivity index (χ1n) is 8.29. The minimum atomic E-state index is -0.519. The average Bonchev–Trinajstić information content (AvgIpc) is 2.97. The van der Waals surface area contributed by atoms with Crippen molar-refractivity contribution in [3.63, 3.8) is 0 Å². The summed E-state index contributed by atoms with van der Waals surface area (Å²) >= 11 is 10.6. The number of anilines is 1. The summed E-state index contributed by atoms with van der Waals surface area (Å²) in [4.78, 5) is 24.6. The van der Waals surface area contributed by atoms with Crippen LogP contribution < -0.4 is 10.1 Å². The lowest BCUT2D eigenvalue weighted by Crippen LogP contribution is -2.20. The van der Waals surface area contributed by atoms with Gasteiger partial charge >= 0.3 is 5.97 Å². The number of halogens is 2. The molecule has 0 unspecified atom stereocenters. The summed E-state index contributed by atoms with van der Waals surface area (Å²) in [5, 5.41) is 12.9. The first-order chi connectivity index (χ1) is 13.2. The van der Waals surface area contributed by atoms with E-state index >= 15 is 0 Å². The summed E-state index contributed by atoms with van der Waals surface area (Å²) < 4.78 is 11.3. The predicted molar refractivity (Wildman–Crippen MR) is 112 cm³/mol. The lowest BCUT2D eigenvalue weighted by molar-refractivity contribution is -0.118. The van der Waals surface area contributed by atoms with Crippen LogP contribution in [0.3, 0.4) is 0 Å². The number of thiophene rings is 1. The molecule has 1 aromatic heterocycles. The van der Waals surface area contributed by atoms with Gasteiger partial charge in [0.25, 0.3) is 5.91 Å². The van der Waals surface area contributed by atoms with E-state index in [9.17, 15) is 14.9 Å². The molecule has 0 radical (unpaired) electrons. The number of aryl methyl sites for hydroxylation is 1. The van der Waals surface area contributed by atoms with Crippen molar-refractivity contribution in [1.82, 2.24) is 0 Å². The number of hydrogen-bond acceptors (Lipinski definition) is 6. The van der Waals surface area contributed by atoms with Crippen LogP contribution in [0.25, 0.3) is 0 Å². The molecule has 1 N–H and O–H groups in total. The zero-order valence-electron chi connectivity index (χ0n) is 15.7. The molecule has 2 aromatic rings. The van der Waals surface area contributed by atoms with Crippen LogP contribution in [0.1, 0.15) is 38.8 Å². The number of nitriles is 1. The summed E-state index contributed by atoms with van der Waals surface area (Å²) in [5.74, 6) is -0.482. The first-order valence-corrected chi connectivity index (χ1v) is 10.3. The maximum absolute atomic E-state index is 12.3. The summed E-state index contributed by atoms with van der Waals surface area (Å²) in [5.41, 5.74) is 2.36. The van der Waals surface area contributed by atoms with Crippen LogP contribution in [-0.2, 0) is 9.53 Å². The number of rotatable bonds is 6. The number of carbonyl (C=O) groups excluding carboxylic acids is 2. The summed E-state index contributed by atoms with van der Waals surface area (Å²) in [7, 11) is 0. The average molecular weight is 486 g/mol. The topological polar surface area (TPSA) is 88.4 Å². The minimum Gasteiger partial charge on any atom is -0.483 e. The second-order valence-electron chi connectivity index (χ2n) is 5.87. The number of benzene rings is 1. The van der Waals surface area contributed by atoms with Gasteiger partial charge in [0.2, 0.25) is 0 Å². The Bertz CT molecular complexity index is 982. The van der Waals surface area contributed by atoms with Gasteiger partial charge in [-0.3, -0.25) is 4.79 Å². The molecular weight excluding hydrogens is 468 g/mol. The van der Waals surface area contributed by atoms with Crippen molar-refractivity contribution >= 4 is 55.7 Å². The van der Waals surface area contributed by atoms with Crippen molar-refractivity contribution < 1.29 is 19.1 Å². The van der Waals surface area contributed by atoms with E-state index in [1.807, 2.05) is 19.9 Å². The highest BCUT2D eigenvalue weighted by Crippen LogP contribution is 2.36. The van der Waals surface area contributed by atoms with E-state index in [-0.39, 0.29) is 18.8 Å². The lowest BCUT2D eigenvalue weighted by Gasteiger charge is -2.13. The summed E-state index contributed by atoms with van der Waals surface area (Å²) in [6.07, 6.45) is 0. The SMILES string of the molecule is CCOC(=O)c1sc(NC(=O)COc2cc(C)c(Cl)c(C)c2Br)c(C#N)c1C. The van der Waals surface area contributed by atoms with Crippen LogP contribution in [0, 0.1) is 32.1 Å². The highest BCUT2D eigenvalue weighted by atomic mass is 79.9. The fourth-order valence-corrected chi connectivity index (χ4v) is 4.20. The Morgan fingerprint density at radius 3 is 2.61 bits per heavy atom. The number of nitrogens with one attached hydrogen (secondary N) is 1. The minimum absolute atomic E-state index is 0.225. The predicted octanol–water partition coefficient (Wildman–Crippen LogP) is 5.16. The van der Waals surface area contributed by atoms with Crippen LogP contribution in [-0.4, -0.2) is 25.1 Å². The van der Waals surface area contributed by atoms with E-state index in [4.69, 9.17) is 21.1 Å². The van der Waals surface area contributed by atoms with Gasteiger partial charge in [-0.1, -0.05) is 11.6 Å². The van der Waals surface area contributed by atoms with Crippen LogP contribution >= 0.6 is 38.9 Å². The van der Waals surface area contributed by atoms with E-state index < -0.39 is 11.9 Å². The number of nitrogens with zero attached hydrogens (tertiary/aromatic N) is 1. The summed E-state index contributed by atoms with van der Waals surface area (Å²) in [6.45, 7) is 6.99. The van der Waals surface area contributed by atoms with Gasteiger partial charge in [0.15, 0.2) is 6.61 Å². The third-order valence-electron chi connectivity index (χ3n) is 3.90. The highest BCUT2D eigenvalue weighted by molar-refractivity contribution is 9.10. The van der Waals surface area contributed by atoms with Gasteiger partial charge in [-0.05, 0) is 66.4 Å². The molecule has 2 rings (SSSR count). The molecular formula is C19H18BrClN2O4S. The molecule has 0 aliphatic rings. The number of hydrogen-bond donors (Lipinski definition) is 1. The molecule has 28 heavy (non-hydrogen) atoms. The molecule has 6 nitrogen and oxygen atoms in total. The fourth-order valence-electron chi connectivity index (χ4n) is 2.44. The molecule has 1 heterocycles. The van der Waals surface area contributed by atoms with Crippen LogP contribution in [0.2, 0.25) is 5.02 Å². The molecule has 0 atom stereocenters. The zero-order chi connectivity index (χ0) is 21.0. The van der Waals surface area contributed by atoms with E-state index in [1.54, 1.807) is 19.9 Å².